The van der Waals surface area contributed by atoms with Gasteiger partial charge in [-0.05, 0) is 59.0 Å². The lowest BCUT2D eigenvalue weighted by Crippen LogP contribution is -2.35. The third-order valence-corrected chi connectivity index (χ3v) is 7.65. The van der Waals surface area contributed by atoms with Crippen molar-refractivity contribution in [2.75, 3.05) is 26.5 Å². The Morgan fingerprint density at radius 1 is 1.29 bits per heavy atom. The molecule has 198 valence electrons. The fraction of sp³-hybridized carbons (Fsp3) is 0.385. The van der Waals surface area contributed by atoms with E-state index in [1.165, 1.54) is 6.26 Å². The van der Waals surface area contributed by atoms with Gasteiger partial charge >= 0.3 is 0 Å². The van der Waals surface area contributed by atoms with E-state index >= 15 is 0 Å². The summed E-state index contributed by atoms with van der Waals surface area (Å²) in [6.07, 6.45) is 7.32. The SMILES string of the molecule is CNC(=O)[C@]1(C)CC[C@@H](Nc2ncc3c(Br)nn(-c4ccc(-c5ncco5)c(CC(=O)N(C)C)c4)c3n2)C1. The maximum Gasteiger partial charge on any atom is 0.226 e. The molecule has 2 N–H and O–H groups in total. The number of hydrogen-bond donors (Lipinski definition) is 2. The Hall–Kier alpha value is -3.80. The van der Waals surface area contributed by atoms with Crippen molar-refractivity contribution in [2.24, 2.45) is 5.41 Å². The first-order valence-corrected chi connectivity index (χ1v) is 13.1. The van der Waals surface area contributed by atoms with Gasteiger partial charge in [0.1, 0.15) is 10.9 Å². The summed E-state index contributed by atoms with van der Waals surface area (Å²) in [5, 5.41) is 11.6. The predicted octanol–water partition coefficient (Wildman–Crippen LogP) is 3.58. The number of halogens is 1. The fourth-order valence-electron chi connectivity index (χ4n) is 4.92. The van der Waals surface area contributed by atoms with Crippen LogP contribution in [0.3, 0.4) is 0 Å². The minimum Gasteiger partial charge on any atom is -0.445 e. The third-order valence-electron chi connectivity index (χ3n) is 7.07. The Labute approximate surface area is 228 Å². The monoisotopic (exact) mass is 580 g/mol. The van der Waals surface area contributed by atoms with Gasteiger partial charge in [-0.15, -0.1) is 0 Å². The number of nitrogens with one attached hydrogen (secondary N) is 2. The molecule has 4 aromatic rings. The number of amides is 2. The predicted molar refractivity (Wildman–Crippen MR) is 146 cm³/mol. The topological polar surface area (TPSA) is 131 Å². The van der Waals surface area contributed by atoms with Crippen LogP contribution < -0.4 is 10.6 Å². The van der Waals surface area contributed by atoms with Gasteiger partial charge in [-0.2, -0.15) is 10.1 Å². The molecule has 0 saturated heterocycles. The van der Waals surface area contributed by atoms with Gasteiger partial charge in [0.25, 0.3) is 0 Å². The summed E-state index contributed by atoms with van der Waals surface area (Å²) in [7, 11) is 5.12. The summed E-state index contributed by atoms with van der Waals surface area (Å²) in [6, 6.07) is 5.75. The number of hydrogen-bond acceptors (Lipinski definition) is 8. The summed E-state index contributed by atoms with van der Waals surface area (Å²) in [5.74, 6) is 0.919. The Bertz CT molecular complexity index is 1500. The highest BCUT2D eigenvalue weighted by Crippen LogP contribution is 2.39. The number of fused-ring (bicyclic) bond motifs is 1. The standard InChI is InChI=1S/C26H29BrN8O3/c1-26(24(37)28-2)8-7-16(13-26)31-25-30-14-19-21(27)33-35(22(19)32-25)17-5-6-18(23-29-9-10-38-23)15(11-17)12-20(36)34(3)4/h5-6,9-11,14,16H,7-8,12-13H2,1-4H3,(H,28,37)(H,30,31,32)/t16-,26-/m1/s1. The number of oxazole rings is 1. The summed E-state index contributed by atoms with van der Waals surface area (Å²) in [5.41, 5.74) is 2.43. The van der Waals surface area contributed by atoms with Crippen molar-refractivity contribution in [3.8, 4) is 17.1 Å². The lowest BCUT2D eigenvalue weighted by atomic mass is 9.87. The number of rotatable bonds is 7. The average Bonchev–Trinajstić information content (AvgIpc) is 3.64. The molecule has 11 nitrogen and oxygen atoms in total. The number of anilines is 1. The van der Waals surface area contributed by atoms with Crippen molar-refractivity contribution in [3.63, 3.8) is 0 Å². The minimum absolute atomic E-state index is 0.0458. The largest absolute Gasteiger partial charge is 0.445 e. The van der Waals surface area contributed by atoms with Crippen LogP contribution in [0.25, 0.3) is 28.2 Å². The van der Waals surface area contributed by atoms with E-state index in [0.717, 1.165) is 35.0 Å². The van der Waals surface area contributed by atoms with Crippen LogP contribution in [0.15, 0.2) is 45.9 Å². The Kier molecular flexibility index (Phi) is 6.91. The molecule has 1 aromatic carbocycles. The highest BCUT2D eigenvalue weighted by Gasteiger charge is 2.41. The molecule has 3 heterocycles. The number of aromatic nitrogens is 5. The van der Waals surface area contributed by atoms with Crippen molar-refractivity contribution in [2.45, 2.75) is 38.6 Å². The highest BCUT2D eigenvalue weighted by atomic mass is 79.9. The molecule has 5 rings (SSSR count). The zero-order valence-electron chi connectivity index (χ0n) is 21.7. The normalized spacial score (nSPS) is 19.0. The molecular weight excluding hydrogens is 552 g/mol. The molecule has 38 heavy (non-hydrogen) atoms. The summed E-state index contributed by atoms with van der Waals surface area (Å²) < 4.78 is 7.84. The molecule has 0 unspecified atom stereocenters. The molecule has 0 spiro atoms. The molecule has 3 aromatic heterocycles. The van der Waals surface area contributed by atoms with Crippen molar-refractivity contribution in [1.29, 1.82) is 0 Å². The van der Waals surface area contributed by atoms with Crippen LogP contribution >= 0.6 is 15.9 Å². The highest BCUT2D eigenvalue weighted by molar-refractivity contribution is 9.10. The zero-order chi connectivity index (χ0) is 27.0. The molecular formula is C26H29BrN8O3. The zero-order valence-corrected chi connectivity index (χ0v) is 23.2. The Morgan fingerprint density at radius 3 is 2.82 bits per heavy atom. The van der Waals surface area contributed by atoms with E-state index in [0.29, 0.717) is 28.5 Å². The van der Waals surface area contributed by atoms with E-state index < -0.39 is 5.41 Å². The number of nitrogens with zero attached hydrogens (tertiary/aromatic N) is 6. The molecule has 12 heteroatoms. The molecule has 1 fully saturated rings. The van der Waals surface area contributed by atoms with E-state index in [9.17, 15) is 9.59 Å². The second kappa shape index (κ2) is 10.2. The van der Waals surface area contributed by atoms with Crippen molar-refractivity contribution < 1.29 is 14.0 Å². The second-order valence-corrected chi connectivity index (χ2v) is 10.8. The molecule has 2 amide bonds. The Morgan fingerprint density at radius 2 is 2.11 bits per heavy atom. The summed E-state index contributed by atoms with van der Waals surface area (Å²) in [4.78, 5) is 40.0. The Balaban J connectivity index is 1.49. The van der Waals surface area contributed by atoms with Crippen molar-refractivity contribution in [1.82, 2.24) is 34.9 Å². The maximum absolute atomic E-state index is 12.6. The fourth-order valence-corrected chi connectivity index (χ4v) is 5.36. The van der Waals surface area contributed by atoms with E-state index in [-0.39, 0.29) is 24.3 Å². The smallest absolute Gasteiger partial charge is 0.226 e. The van der Waals surface area contributed by atoms with Crippen LogP contribution in [0.4, 0.5) is 5.95 Å². The summed E-state index contributed by atoms with van der Waals surface area (Å²) >= 11 is 3.53. The lowest BCUT2D eigenvalue weighted by molar-refractivity contribution is -0.129. The van der Waals surface area contributed by atoms with Gasteiger partial charge in [-0.3, -0.25) is 9.59 Å². The minimum atomic E-state index is -0.410. The van der Waals surface area contributed by atoms with Crippen molar-refractivity contribution in [3.05, 3.63) is 47.0 Å². The van der Waals surface area contributed by atoms with Gasteiger partial charge in [-0.25, -0.2) is 14.6 Å². The van der Waals surface area contributed by atoms with E-state index in [4.69, 9.17) is 9.40 Å². The molecule has 1 aliphatic rings. The van der Waals surface area contributed by atoms with E-state index in [1.54, 1.807) is 43.1 Å². The number of carbonyl (C=O) groups excluding carboxylic acids is 2. The first kappa shape index (κ1) is 25.8. The van der Waals surface area contributed by atoms with Crippen molar-refractivity contribution >= 4 is 44.7 Å². The van der Waals surface area contributed by atoms with Crippen LogP contribution in [0.2, 0.25) is 0 Å². The molecule has 1 aliphatic carbocycles. The average molecular weight is 581 g/mol. The number of likely N-dealkylation sites (N-methyl/N-ethyl adjacent to an activating group) is 1. The van der Waals surface area contributed by atoms with Gasteiger partial charge in [0, 0.05) is 44.4 Å². The van der Waals surface area contributed by atoms with Crippen LogP contribution in [0.5, 0.6) is 0 Å². The summed E-state index contributed by atoms with van der Waals surface area (Å²) in [6.45, 7) is 1.99. The molecule has 0 aliphatic heterocycles. The number of carbonyl (C=O) groups is 2. The van der Waals surface area contributed by atoms with E-state index in [2.05, 4.69) is 41.6 Å². The van der Waals surface area contributed by atoms with Gasteiger partial charge in [-0.1, -0.05) is 6.92 Å². The maximum atomic E-state index is 12.6. The molecule has 0 radical (unpaired) electrons. The first-order valence-electron chi connectivity index (χ1n) is 12.3. The quantitative estimate of drug-likeness (QED) is 0.339. The molecule has 1 saturated carbocycles. The van der Waals surface area contributed by atoms with Crippen LogP contribution in [0.1, 0.15) is 31.7 Å². The first-order chi connectivity index (χ1) is 18.2. The van der Waals surface area contributed by atoms with Crippen LogP contribution in [-0.2, 0) is 16.0 Å². The van der Waals surface area contributed by atoms with Crippen LogP contribution in [0, 0.1) is 5.41 Å². The van der Waals surface area contributed by atoms with Gasteiger partial charge < -0.3 is 20.0 Å². The van der Waals surface area contributed by atoms with Gasteiger partial charge in [0.05, 0.1) is 23.7 Å². The van der Waals surface area contributed by atoms with Gasteiger partial charge in [0.15, 0.2) is 5.65 Å². The van der Waals surface area contributed by atoms with E-state index in [1.807, 2.05) is 25.1 Å². The molecule has 2 atom stereocenters. The second-order valence-electron chi connectivity index (χ2n) is 10.0. The van der Waals surface area contributed by atoms with Crippen LogP contribution in [-0.4, -0.2) is 68.6 Å². The van der Waals surface area contributed by atoms with Gasteiger partial charge in [0.2, 0.25) is 23.7 Å². The lowest BCUT2D eigenvalue weighted by Gasteiger charge is -2.22. The number of benzene rings is 1. The third kappa shape index (κ3) is 4.87. The molecule has 0 bridgehead atoms.